The Bertz CT molecular complexity index is 335. The number of aliphatic hydroxyl groups excluding tert-OH is 1. The molecule has 1 aromatic rings. The first kappa shape index (κ1) is 13.9. The Morgan fingerprint density at radius 1 is 1.35 bits per heavy atom. The molecule has 0 fully saturated rings. The first-order valence-electron chi connectivity index (χ1n) is 5.66. The van der Waals surface area contributed by atoms with Crippen LogP contribution in [-0.4, -0.2) is 25.1 Å². The van der Waals surface area contributed by atoms with Gasteiger partial charge in [0.25, 0.3) is 0 Å². The number of benzene rings is 1. The van der Waals surface area contributed by atoms with Crippen molar-refractivity contribution < 1.29 is 14.6 Å². The third kappa shape index (κ3) is 4.69. The quantitative estimate of drug-likeness (QED) is 0.584. The molecule has 1 N–H and O–H groups in total. The molecule has 0 unspecified atom stereocenters. The first-order valence-corrected chi connectivity index (χ1v) is 5.66. The number of methoxy groups -OCH3 is 1. The van der Waals surface area contributed by atoms with Crippen molar-refractivity contribution in [2.45, 2.75) is 25.6 Å². The van der Waals surface area contributed by atoms with Crippen molar-refractivity contribution in [2.24, 2.45) is 0 Å². The Hall–Kier alpha value is -1.16. The Labute approximate surface area is 103 Å². The molecule has 0 aliphatic heterocycles. The van der Waals surface area contributed by atoms with Crippen LogP contribution in [0.25, 0.3) is 0 Å². The van der Waals surface area contributed by atoms with Gasteiger partial charge in [0, 0.05) is 13.5 Å². The van der Waals surface area contributed by atoms with E-state index < -0.39 is 6.10 Å². The summed E-state index contributed by atoms with van der Waals surface area (Å²) in [6.45, 7) is 6.07. The van der Waals surface area contributed by atoms with Gasteiger partial charge in [-0.05, 0) is 18.1 Å². The second-order valence-electron chi connectivity index (χ2n) is 4.00. The molecule has 0 aromatic heterocycles. The minimum Gasteiger partial charge on any atom is -0.388 e. The highest BCUT2D eigenvalue weighted by Gasteiger charge is 2.13. The van der Waals surface area contributed by atoms with E-state index in [0.717, 1.165) is 11.1 Å². The summed E-state index contributed by atoms with van der Waals surface area (Å²) >= 11 is 0. The van der Waals surface area contributed by atoms with Crippen molar-refractivity contribution in [2.75, 3.05) is 13.9 Å². The summed E-state index contributed by atoms with van der Waals surface area (Å²) in [5, 5.41) is 10.0. The molecular weight excluding hydrogens is 216 g/mol. The van der Waals surface area contributed by atoms with Crippen molar-refractivity contribution in [1.82, 2.24) is 0 Å². The minimum absolute atomic E-state index is 0.117. The summed E-state index contributed by atoms with van der Waals surface area (Å²) in [6.07, 6.45) is -0.153. The zero-order chi connectivity index (χ0) is 12.7. The highest BCUT2D eigenvalue weighted by atomic mass is 16.7. The molecule has 0 heterocycles. The molecule has 1 rings (SSSR count). The summed E-state index contributed by atoms with van der Waals surface area (Å²) in [4.78, 5) is 0. The molecule has 1 aromatic carbocycles. The molecule has 0 saturated carbocycles. The van der Waals surface area contributed by atoms with Crippen LogP contribution in [0.1, 0.15) is 25.0 Å². The Morgan fingerprint density at radius 3 is 2.59 bits per heavy atom. The molecule has 0 amide bonds. The highest BCUT2D eigenvalue weighted by molar-refractivity contribution is 5.19. The number of hydrogen-bond donors (Lipinski definition) is 1. The van der Waals surface area contributed by atoms with E-state index in [9.17, 15) is 5.11 Å². The Balaban J connectivity index is 2.46. The second-order valence-corrected chi connectivity index (χ2v) is 4.00. The molecule has 0 aliphatic rings. The van der Waals surface area contributed by atoms with Gasteiger partial charge in [-0.1, -0.05) is 36.9 Å². The van der Waals surface area contributed by atoms with Crippen LogP contribution in [0.3, 0.4) is 0 Å². The molecule has 94 valence electrons. The van der Waals surface area contributed by atoms with Gasteiger partial charge in [0.05, 0.1) is 12.2 Å². The van der Waals surface area contributed by atoms with Crippen LogP contribution in [0, 0.1) is 0 Å². The van der Waals surface area contributed by atoms with Crippen molar-refractivity contribution in [3.8, 4) is 0 Å². The van der Waals surface area contributed by atoms with E-state index in [1.165, 1.54) is 0 Å². The summed E-state index contributed by atoms with van der Waals surface area (Å²) in [5.41, 5.74) is 1.76. The largest absolute Gasteiger partial charge is 0.388 e. The Morgan fingerprint density at radius 2 is 2.00 bits per heavy atom. The number of hydrogen-bond acceptors (Lipinski definition) is 3. The van der Waals surface area contributed by atoms with E-state index >= 15 is 0 Å². The van der Waals surface area contributed by atoms with Crippen LogP contribution < -0.4 is 0 Å². The van der Waals surface area contributed by atoms with Gasteiger partial charge in [-0.2, -0.15) is 0 Å². The molecule has 0 saturated heterocycles. The van der Waals surface area contributed by atoms with Gasteiger partial charge >= 0.3 is 0 Å². The van der Waals surface area contributed by atoms with Gasteiger partial charge in [0.15, 0.2) is 0 Å². The van der Waals surface area contributed by atoms with Crippen LogP contribution in [0.4, 0.5) is 0 Å². The lowest BCUT2D eigenvalue weighted by atomic mass is 10.00. The molecule has 0 spiro atoms. The minimum atomic E-state index is -0.530. The SMILES string of the molecule is C=C(C[C@@H](O)c1ccccc1)[C@@H](C)OCOC. The van der Waals surface area contributed by atoms with Gasteiger partial charge in [0.2, 0.25) is 0 Å². The zero-order valence-corrected chi connectivity index (χ0v) is 10.4. The third-order valence-corrected chi connectivity index (χ3v) is 2.65. The van der Waals surface area contributed by atoms with E-state index in [0.29, 0.717) is 6.42 Å². The van der Waals surface area contributed by atoms with Crippen molar-refractivity contribution in [1.29, 1.82) is 0 Å². The Kier molecular flexibility index (Phi) is 5.91. The normalized spacial score (nSPS) is 14.3. The fourth-order valence-electron chi connectivity index (χ4n) is 1.50. The average molecular weight is 236 g/mol. The van der Waals surface area contributed by atoms with Crippen molar-refractivity contribution in [3.63, 3.8) is 0 Å². The number of aliphatic hydroxyl groups is 1. The molecule has 3 heteroatoms. The van der Waals surface area contributed by atoms with Gasteiger partial charge in [-0.15, -0.1) is 0 Å². The van der Waals surface area contributed by atoms with Crippen LogP contribution in [0.5, 0.6) is 0 Å². The van der Waals surface area contributed by atoms with Crippen LogP contribution >= 0.6 is 0 Å². The van der Waals surface area contributed by atoms with E-state index in [1.807, 2.05) is 37.3 Å². The van der Waals surface area contributed by atoms with Gasteiger partial charge in [0.1, 0.15) is 6.79 Å². The van der Waals surface area contributed by atoms with E-state index in [4.69, 9.17) is 9.47 Å². The fraction of sp³-hybridized carbons (Fsp3) is 0.429. The van der Waals surface area contributed by atoms with E-state index in [-0.39, 0.29) is 12.9 Å². The lowest BCUT2D eigenvalue weighted by Crippen LogP contribution is -2.14. The summed E-state index contributed by atoms with van der Waals surface area (Å²) in [5.74, 6) is 0. The molecule has 0 aliphatic carbocycles. The molecule has 0 radical (unpaired) electrons. The maximum atomic E-state index is 10.0. The van der Waals surface area contributed by atoms with Gasteiger partial charge in [-0.25, -0.2) is 0 Å². The van der Waals surface area contributed by atoms with E-state index in [2.05, 4.69) is 6.58 Å². The predicted octanol–water partition coefficient (Wildman–Crippen LogP) is 2.68. The standard InChI is InChI=1S/C14H20O3/c1-11(12(2)17-10-16-3)9-14(15)13-7-5-4-6-8-13/h4-8,12,14-15H,1,9-10H2,2-3H3/t12-,14-/m1/s1. The fourth-order valence-corrected chi connectivity index (χ4v) is 1.50. The lowest BCUT2D eigenvalue weighted by molar-refractivity contribution is -0.0550. The molecule has 3 nitrogen and oxygen atoms in total. The van der Waals surface area contributed by atoms with Crippen LogP contribution in [0.2, 0.25) is 0 Å². The van der Waals surface area contributed by atoms with Crippen LogP contribution in [0.15, 0.2) is 42.5 Å². The first-order chi connectivity index (χ1) is 8.15. The van der Waals surface area contributed by atoms with Crippen molar-refractivity contribution in [3.05, 3.63) is 48.0 Å². The zero-order valence-electron chi connectivity index (χ0n) is 10.4. The highest BCUT2D eigenvalue weighted by Crippen LogP contribution is 2.22. The summed E-state index contributed by atoms with van der Waals surface area (Å²) in [6, 6.07) is 9.55. The number of rotatable bonds is 7. The third-order valence-electron chi connectivity index (χ3n) is 2.65. The molecular formula is C14H20O3. The maximum Gasteiger partial charge on any atom is 0.147 e. The predicted molar refractivity (Wildman–Crippen MR) is 67.6 cm³/mol. The topological polar surface area (TPSA) is 38.7 Å². The second kappa shape index (κ2) is 7.22. The molecule has 17 heavy (non-hydrogen) atoms. The maximum absolute atomic E-state index is 10.0. The molecule has 2 atom stereocenters. The van der Waals surface area contributed by atoms with Crippen LogP contribution in [-0.2, 0) is 9.47 Å². The lowest BCUT2D eigenvalue weighted by Gasteiger charge is -2.18. The molecule has 0 bridgehead atoms. The summed E-state index contributed by atoms with van der Waals surface area (Å²) in [7, 11) is 1.58. The van der Waals surface area contributed by atoms with Gasteiger partial charge in [-0.3, -0.25) is 0 Å². The average Bonchev–Trinajstić information content (AvgIpc) is 2.36. The van der Waals surface area contributed by atoms with Gasteiger partial charge < -0.3 is 14.6 Å². The number of ether oxygens (including phenoxy) is 2. The van der Waals surface area contributed by atoms with Crippen molar-refractivity contribution >= 4 is 0 Å². The monoisotopic (exact) mass is 236 g/mol. The van der Waals surface area contributed by atoms with E-state index in [1.54, 1.807) is 7.11 Å². The smallest absolute Gasteiger partial charge is 0.147 e. The summed E-state index contributed by atoms with van der Waals surface area (Å²) < 4.78 is 10.2.